The summed E-state index contributed by atoms with van der Waals surface area (Å²) in [6.07, 6.45) is 4.23. The first-order valence-electron chi connectivity index (χ1n) is 5.72. The molecule has 16 heavy (non-hydrogen) atoms. The maximum atomic E-state index is 5.69. The van der Waals surface area contributed by atoms with Gasteiger partial charge in [-0.15, -0.1) is 0 Å². The molecular formula is C12H17N3S. The predicted octanol–water partition coefficient (Wildman–Crippen LogP) is 1.95. The van der Waals surface area contributed by atoms with Gasteiger partial charge in [-0.1, -0.05) is 25.6 Å². The number of nitrogens with two attached hydrogens (primary N) is 1. The molecule has 2 rings (SSSR count). The van der Waals surface area contributed by atoms with E-state index in [4.69, 9.17) is 18.0 Å². The van der Waals surface area contributed by atoms with Crippen LogP contribution in [0.1, 0.15) is 25.5 Å². The van der Waals surface area contributed by atoms with Crippen molar-refractivity contribution in [3.63, 3.8) is 0 Å². The molecule has 1 aliphatic heterocycles. The van der Waals surface area contributed by atoms with E-state index in [-0.39, 0.29) is 0 Å². The molecule has 1 atom stereocenters. The highest BCUT2D eigenvalue weighted by Crippen LogP contribution is 2.27. The van der Waals surface area contributed by atoms with Crippen LogP contribution >= 0.6 is 12.2 Å². The lowest BCUT2D eigenvalue weighted by Gasteiger charge is -2.20. The molecule has 1 unspecified atom stereocenters. The molecule has 4 heteroatoms. The molecule has 1 aromatic rings. The Morgan fingerprint density at radius 3 is 3.12 bits per heavy atom. The van der Waals surface area contributed by atoms with Gasteiger partial charge in [0, 0.05) is 19.3 Å². The minimum absolute atomic E-state index is 0.385. The van der Waals surface area contributed by atoms with E-state index in [1.807, 2.05) is 6.07 Å². The van der Waals surface area contributed by atoms with Gasteiger partial charge >= 0.3 is 0 Å². The summed E-state index contributed by atoms with van der Waals surface area (Å²) < 4.78 is 0. The summed E-state index contributed by atoms with van der Waals surface area (Å²) in [5, 5.41) is 0. The number of hydrogen-bond acceptors (Lipinski definition) is 3. The van der Waals surface area contributed by atoms with Gasteiger partial charge in [0.2, 0.25) is 0 Å². The quantitative estimate of drug-likeness (QED) is 0.813. The Morgan fingerprint density at radius 1 is 1.69 bits per heavy atom. The zero-order valence-electron chi connectivity index (χ0n) is 9.52. The highest BCUT2D eigenvalue weighted by Gasteiger charge is 2.23. The highest BCUT2D eigenvalue weighted by atomic mass is 32.1. The van der Waals surface area contributed by atoms with Gasteiger partial charge in [-0.05, 0) is 24.5 Å². The first-order valence-corrected chi connectivity index (χ1v) is 6.13. The normalized spacial score (nSPS) is 20.1. The van der Waals surface area contributed by atoms with Gasteiger partial charge in [-0.25, -0.2) is 0 Å². The Labute approximate surface area is 102 Å². The van der Waals surface area contributed by atoms with Crippen molar-refractivity contribution in [1.82, 2.24) is 4.98 Å². The molecule has 0 bridgehead atoms. The van der Waals surface area contributed by atoms with Crippen molar-refractivity contribution in [2.24, 2.45) is 11.7 Å². The van der Waals surface area contributed by atoms with E-state index in [1.165, 1.54) is 12.8 Å². The summed E-state index contributed by atoms with van der Waals surface area (Å²) in [5.41, 5.74) is 7.54. The molecule has 1 aliphatic rings. The molecule has 86 valence electrons. The second kappa shape index (κ2) is 4.78. The molecule has 0 saturated carbocycles. The molecule has 3 nitrogen and oxygen atoms in total. The summed E-state index contributed by atoms with van der Waals surface area (Å²) in [4.78, 5) is 6.99. The lowest BCUT2D eigenvalue weighted by molar-refractivity contribution is 0.569. The zero-order chi connectivity index (χ0) is 11.5. The molecule has 2 N–H and O–H groups in total. The Bertz CT molecular complexity index is 392. The van der Waals surface area contributed by atoms with E-state index < -0.39 is 0 Å². The summed E-state index contributed by atoms with van der Waals surface area (Å²) in [5.74, 6) is 0.791. The largest absolute Gasteiger partial charge is 0.388 e. The molecule has 1 saturated heterocycles. The van der Waals surface area contributed by atoms with Crippen LogP contribution in [0.5, 0.6) is 0 Å². The van der Waals surface area contributed by atoms with Gasteiger partial charge in [0.05, 0.1) is 5.69 Å². The van der Waals surface area contributed by atoms with Crippen molar-refractivity contribution < 1.29 is 0 Å². The molecule has 0 aliphatic carbocycles. The minimum Gasteiger partial charge on any atom is -0.388 e. The Kier molecular flexibility index (Phi) is 3.39. The van der Waals surface area contributed by atoms with Crippen LogP contribution in [-0.4, -0.2) is 23.1 Å². The summed E-state index contributed by atoms with van der Waals surface area (Å²) in [7, 11) is 0. The third-order valence-corrected chi connectivity index (χ3v) is 3.42. The lowest BCUT2D eigenvalue weighted by atomic mass is 10.1. The van der Waals surface area contributed by atoms with Crippen molar-refractivity contribution in [1.29, 1.82) is 0 Å². The number of pyridine rings is 1. The standard InChI is InChI=1S/C12H17N3S/c1-2-9-5-7-15(8-9)10-4-3-6-14-11(10)12(13)16/h3-4,6,9H,2,5,7-8H2,1H3,(H2,13,16). The number of hydrogen-bond donors (Lipinski definition) is 1. The number of anilines is 1. The van der Waals surface area contributed by atoms with Gasteiger partial charge in [-0.2, -0.15) is 0 Å². The monoisotopic (exact) mass is 235 g/mol. The Hall–Kier alpha value is -1.16. The molecule has 0 radical (unpaired) electrons. The fourth-order valence-electron chi connectivity index (χ4n) is 2.23. The summed E-state index contributed by atoms with van der Waals surface area (Å²) >= 11 is 5.03. The van der Waals surface area contributed by atoms with E-state index in [0.29, 0.717) is 4.99 Å². The molecule has 0 aromatic carbocycles. The van der Waals surface area contributed by atoms with Crippen LogP contribution < -0.4 is 10.6 Å². The fraction of sp³-hybridized carbons (Fsp3) is 0.500. The van der Waals surface area contributed by atoms with Gasteiger partial charge in [0.1, 0.15) is 10.7 Å². The van der Waals surface area contributed by atoms with Crippen molar-refractivity contribution in [3.8, 4) is 0 Å². The van der Waals surface area contributed by atoms with E-state index in [1.54, 1.807) is 6.20 Å². The van der Waals surface area contributed by atoms with E-state index in [2.05, 4.69) is 22.9 Å². The summed E-state index contributed by atoms with van der Waals surface area (Å²) in [6.45, 7) is 4.42. The van der Waals surface area contributed by atoms with Gasteiger partial charge in [0.15, 0.2) is 0 Å². The Morgan fingerprint density at radius 2 is 2.50 bits per heavy atom. The smallest absolute Gasteiger partial charge is 0.124 e. The Balaban J connectivity index is 2.24. The van der Waals surface area contributed by atoms with Crippen LogP contribution in [0.3, 0.4) is 0 Å². The molecule has 1 fully saturated rings. The fourth-order valence-corrected chi connectivity index (χ4v) is 2.38. The number of aromatic nitrogens is 1. The highest BCUT2D eigenvalue weighted by molar-refractivity contribution is 7.80. The van der Waals surface area contributed by atoms with Crippen LogP contribution in [0.2, 0.25) is 0 Å². The zero-order valence-corrected chi connectivity index (χ0v) is 10.3. The third kappa shape index (κ3) is 2.16. The molecular weight excluding hydrogens is 218 g/mol. The molecule has 0 amide bonds. The number of nitrogens with zero attached hydrogens (tertiary/aromatic N) is 2. The van der Waals surface area contributed by atoms with Crippen molar-refractivity contribution in [2.75, 3.05) is 18.0 Å². The van der Waals surface area contributed by atoms with Crippen molar-refractivity contribution in [2.45, 2.75) is 19.8 Å². The molecule has 1 aromatic heterocycles. The average molecular weight is 235 g/mol. The number of thiocarbonyl (C=S) groups is 1. The maximum absolute atomic E-state index is 5.69. The van der Waals surface area contributed by atoms with E-state index in [9.17, 15) is 0 Å². The van der Waals surface area contributed by atoms with Crippen LogP contribution in [0.25, 0.3) is 0 Å². The first-order chi connectivity index (χ1) is 7.72. The van der Waals surface area contributed by atoms with Gasteiger partial charge in [-0.3, -0.25) is 4.98 Å². The minimum atomic E-state index is 0.385. The third-order valence-electron chi connectivity index (χ3n) is 3.22. The lowest BCUT2D eigenvalue weighted by Crippen LogP contribution is -2.24. The van der Waals surface area contributed by atoms with Crippen molar-refractivity contribution in [3.05, 3.63) is 24.0 Å². The maximum Gasteiger partial charge on any atom is 0.124 e. The van der Waals surface area contributed by atoms with E-state index >= 15 is 0 Å². The van der Waals surface area contributed by atoms with Crippen molar-refractivity contribution >= 4 is 22.9 Å². The predicted molar refractivity (Wildman–Crippen MR) is 70.7 cm³/mol. The van der Waals surface area contributed by atoms with E-state index in [0.717, 1.165) is 30.4 Å². The van der Waals surface area contributed by atoms with Gasteiger partial charge in [0.25, 0.3) is 0 Å². The topological polar surface area (TPSA) is 42.2 Å². The molecule has 0 spiro atoms. The van der Waals surface area contributed by atoms with Gasteiger partial charge < -0.3 is 10.6 Å². The first kappa shape index (κ1) is 11.3. The average Bonchev–Trinajstić information content (AvgIpc) is 2.77. The molecule has 2 heterocycles. The van der Waals surface area contributed by atoms with Crippen LogP contribution in [0.4, 0.5) is 5.69 Å². The van der Waals surface area contributed by atoms with Crippen LogP contribution in [0.15, 0.2) is 18.3 Å². The second-order valence-corrected chi connectivity index (χ2v) is 4.68. The second-order valence-electron chi connectivity index (χ2n) is 4.24. The van der Waals surface area contributed by atoms with Crippen LogP contribution in [-0.2, 0) is 0 Å². The summed E-state index contributed by atoms with van der Waals surface area (Å²) in [6, 6.07) is 4.00. The number of rotatable bonds is 3. The SMILES string of the molecule is CCC1CCN(c2cccnc2C(N)=S)C1. The van der Waals surface area contributed by atoms with Crippen LogP contribution in [0, 0.1) is 5.92 Å².